The number of aliphatic hydroxyl groups is 1. The van der Waals surface area contributed by atoms with Crippen molar-refractivity contribution in [3.05, 3.63) is 33.9 Å². The zero-order valence-electron chi connectivity index (χ0n) is 10.5. The molecule has 2 rings (SSSR count). The van der Waals surface area contributed by atoms with Gasteiger partial charge in [0.25, 0.3) is 5.69 Å². The predicted molar refractivity (Wildman–Crippen MR) is 69.7 cm³/mol. The molecular formula is C13H18N2O3. The summed E-state index contributed by atoms with van der Waals surface area (Å²) in [7, 11) is 0. The van der Waals surface area contributed by atoms with Crippen LogP contribution < -0.4 is 5.32 Å². The van der Waals surface area contributed by atoms with Crippen molar-refractivity contribution in [2.45, 2.75) is 38.1 Å². The Morgan fingerprint density at radius 3 is 2.67 bits per heavy atom. The minimum absolute atomic E-state index is 0.0124. The van der Waals surface area contributed by atoms with E-state index in [0.29, 0.717) is 5.69 Å². The Balaban J connectivity index is 2.35. The monoisotopic (exact) mass is 250 g/mol. The molecule has 0 saturated heterocycles. The van der Waals surface area contributed by atoms with E-state index in [9.17, 15) is 15.2 Å². The van der Waals surface area contributed by atoms with Gasteiger partial charge in [-0.2, -0.15) is 0 Å². The number of nitro groups is 1. The topological polar surface area (TPSA) is 75.4 Å². The number of rotatable bonds is 4. The molecule has 1 aliphatic rings. The molecule has 2 N–H and O–H groups in total. The minimum Gasteiger partial charge on any atom is -0.394 e. The lowest BCUT2D eigenvalue weighted by Gasteiger charge is -2.29. The van der Waals surface area contributed by atoms with Crippen molar-refractivity contribution >= 4 is 11.4 Å². The SMILES string of the molecule is Cc1cccc([N+](=O)[O-])c1NC1(CO)CCCC1. The van der Waals surface area contributed by atoms with E-state index in [4.69, 9.17) is 0 Å². The molecule has 0 spiro atoms. The van der Waals surface area contributed by atoms with Crippen LogP contribution in [0.1, 0.15) is 31.2 Å². The van der Waals surface area contributed by atoms with E-state index < -0.39 is 5.54 Å². The van der Waals surface area contributed by atoms with Crippen LogP contribution in [-0.4, -0.2) is 22.2 Å². The predicted octanol–water partition coefficient (Wildman–Crippen LogP) is 2.62. The number of benzene rings is 1. The van der Waals surface area contributed by atoms with E-state index in [1.165, 1.54) is 6.07 Å². The lowest BCUT2D eigenvalue weighted by Crippen LogP contribution is -2.39. The van der Waals surface area contributed by atoms with Gasteiger partial charge >= 0.3 is 0 Å². The molecule has 98 valence electrons. The molecule has 0 amide bonds. The summed E-state index contributed by atoms with van der Waals surface area (Å²) in [5.41, 5.74) is 1.06. The third kappa shape index (κ3) is 2.31. The van der Waals surface area contributed by atoms with Gasteiger partial charge in [0, 0.05) is 6.07 Å². The number of aliphatic hydroxyl groups excluding tert-OH is 1. The third-order valence-electron chi connectivity index (χ3n) is 3.70. The molecule has 1 aliphatic carbocycles. The van der Waals surface area contributed by atoms with Crippen molar-refractivity contribution in [1.29, 1.82) is 0 Å². The van der Waals surface area contributed by atoms with Gasteiger partial charge in [0.1, 0.15) is 5.69 Å². The second-order valence-electron chi connectivity index (χ2n) is 5.00. The average molecular weight is 250 g/mol. The summed E-state index contributed by atoms with van der Waals surface area (Å²) in [5, 5.41) is 23.8. The molecule has 0 bridgehead atoms. The van der Waals surface area contributed by atoms with Gasteiger partial charge in [-0.25, -0.2) is 0 Å². The quantitative estimate of drug-likeness (QED) is 0.636. The van der Waals surface area contributed by atoms with Crippen molar-refractivity contribution in [2.75, 3.05) is 11.9 Å². The Labute approximate surface area is 106 Å². The number of para-hydroxylation sites is 1. The maximum atomic E-state index is 11.0. The summed E-state index contributed by atoms with van der Waals surface area (Å²) in [6, 6.07) is 5.02. The molecular weight excluding hydrogens is 232 g/mol. The van der Waals surface area contributed by atoms with E-state index in [0.717, 1.165) is 31.2 Å². The summed E-state index contributed by atoms with van der Waals surface area (Å²) < 4.78 is 0. The van der Waals surface area contributed by atoms with Crippen LogP contribution >= 0.6 is 0 Å². The number of nitrogens with zero attached hydrogens (tertiary/aromatic N) is 1. The molecule has 5 nitrogen and oxygen atoms in total. The van der Waals surface area contributed by atoms with Crippen LogP contribution in [0.5, 0.6) is 0 Å². The van der Waals surface area contributed by atoms with Gasteiger partial charge in [-0.3, -0.25) is 10.1 Å². The highest BCUT2D eigenvalue weighted by Crippen LogP contribution is 2.37. The Morgan fingerprint density at radius 2 is 2.11 bits per heavy atom. The molecule has 1 aromatic rings. The second kappa shape index (κ2) is 4.94. The van der Waals surface area contributed by atoms with E-state index in [-0.39, 0.29) is 17.2 Å². The summed E-state index contributed by atoms with van der Waals surface area (Å²) in [5.74, 6) is 0. The Hall–Kier alpha value is -1.62. The number of nitrogens with one attached hydrogen (secondary N) is 1. The van der Waals surface area contributed by atoms with Crippen molar-refractivity contribution < 1.29 is 10.0 Å². The van der Waals surface area contributed by atoms with Crippen molar-refractivity contribution in [3.63, 3.8) is 0 Å². The van der Waals surface area contributed by atoms with Gasteiger partial charge in [0.05, 0.1) is 17.1 Å². The van der Waals surface area contributed by atoms with Crippen molar-refractivity contribution in [3.8, 4) is 0 Å². The van der Waals surface area contributed by atoms with Crippen LogP contribution in [0.4, 0.5) is 11.4 Å². The molecule has 5 heteroatoms. The average Bonchev–Trinajstić information content (AvgIpc) is 2.81. The number of aryl methyl sites for hydroxylation is 1. The fourth-order valence-corrected chi connectivity index (χ4v) is 2.61. The molecule has 0 atom stereocenters. The Bertz CT molecular complexity index is 454. The van der Waals surface area contributed by atoms with Gasteiger partial charge < -0.3 is 10.4 Å². The van der Waals surface area contributed by atoms with Crippen LogP contribution in [0.25, 0.3) is 0 Å². The normalized spacial score (nSPS) is 17.7. The number of anilines is 1. The molecule has 1 saturated carbocycles. The first-order chi connectivity index (χ1) is 8.58. The molecule has 0 aromatic heterocycles. The number of hydrogen-bond acceptors (Lipinski definition) is 4. The fourth-order valence-electron chi connectivity index (χ4n) is 2.61. The second-order valence-corrected chi connectivity index (χ2v) is 5.00. The first kappa shape index (κ1) is 12.8. The molecule has 0 aliphatic heterocycles. The largest absolute Gasteiger partial charge is 0.394 e. The highest BCUT2D eigenvalue weighted by atomic mass is 16.6. The third-order valence-corrected chi connectivity index (χ3v) is 3.70. The van der Waals surface area contributed by atoms with Gasteiger partial charge in [-0.15, -0.1) is 0 Å². The zero-order valence-corrected chi connectivity index (χ0v) is 10.5. The Kier molecular flexibility index (Phi) is 3.52. The highest BCUT2D eigenvalue weighted by molar-refractivity contribution is 5.67. The first-order valence-corrected chi connectivity index (χ1v) is 6.21. The fraction of sp³-hybridized carbons (Fsp3) is 0.538. The molecule has 0 unspecified atom stereocenters. The van der Waals surface area contributed by atoms with Gasteiger partial charge in [0.15, 0.2) is 0 Å². The van der Waals surface area contributed by atoms with E-state index in [1.807, 2.05) is 13.0 Å². The number of hydrogen-bond donors (Lipinski definition) is 2. The molecule has 0 radical (unpaired) electrons. The van der Waals surface area contributed by atoms with Crippen LogP contribution in [0.3, 0.4) is 0 Å². The standard InChI is InChI=1S/C13H18N2O3/c1-10-5-4-6-11(15(17)18)12(10)14-13(9-16)7-2-3-8-13/h4-6,14,16H,2-3,7-9H2,1H3. The maximum Gasteiger partial charge on any atom is 0.292 e. The van der Waals surface area contributed by atoms with Gasteiger partial charge in [0.2, 0.25) is 0 Å². The van der Waals surface area contributed by atoms with Crippen LogP contribution in [-0.2, 0) is 0 Å². The summed E-state index contributed by atoms with van der Waals surface area (Å²) in [6.07, 6.45) is 3.81. The van der Waals surface area contributed by atoms with Crippen LogP contribution in [0.15, 0.2) is 18.2 Å². The van der Waals surface area contributed by atoms with Crippen molar-refractivity contribution in [1.82, 2.24) is 0 Å². The van der Waals surface area contributed by atoms with E-state index >= 15 is 0 Å². The smallest absolute Gasteiger partial charge is 0.292 e. The first-order valence-electron chi connectivity index (χ1n) is 6.21. The summed E-state index contributed by atoms with van der Waals surface area (Å²) in [6.45, 7) is 1.86. The van der Waals surface area contributed by atoms with Gasteiger partial charge in [-0.1, -0.05) is 25.0 Å². The lowest BCUT2D eigenvalue weighted by atomic mass is 9.97. The van der Waals surface area contributed by atoms with Crippen LogP contribution in [0, 0.1) is 17.0 Å². The molecule has 18 heavy (non-hydrogen) atoms. The number of nitro benzene ring substituents is 1. The van der Waals surface area contributed by atoms with E-state index in [1.54, 1.807) is 6.07 Å². The zero-order chi connectivity index (χ0) is 13.2. The molecule has 0 heterocycles. The van der Waals surface area contributed by atoms with E-state index in [2.05, 4.69) is 5.32 Å². The van der Waals surface area contributed by atoms with Crippen molar-refractivity contribution in [2.24, 2.45) is 0 Å². The Morgan fingerprint density at radius 1 is 1.44 bits per heavy atom. The summed E-state index contributed by atoms with van der Waals surface area (Å²) >= 11 is 0. The van der Waals surface area contributed by atoms with Gasteiger partial charge in [-0.05, 0) is 25.3 Å². The highest BCUT2D eigenvalue weighted by Gasteiger charge is 2.35. The van der Waals surface area contributed by atoms with Crippen LogP contribution in [0.2, 0.25) is 0 Å². The maximum absolute atomic E-state index is 11.0. The minimum atomic E-state index is -0.392. The molecule has 1 aromatic carbocycles. The summed E-state index contributed by atoms with van der Waals surface area (Å²) in [4.78, 5) is 10.7. The molecule has 1 fully saturated rings. The lowest BCUT2D eigenvalue weighted by molar-refractivity contribution is -0.384.